The number of sulfone groups is 1. The Balaban J connectivity index is 1.84. The van der Waals surface area contributed by atoms with Gasteiger partial charge in [-0.25, -0.2) is 8.42 Å². The highest BCUT2D eigenvalue weighted by atomic mass is 32.2. The number of likely N-dealkylation sites (tertiary alicyclic amines) is 1. The zero-order chi connectivity index (χ0) is 11.8. The van der Waals surface area contributed by atoms with E-state index in [2.05, 4.69) is 0 Å². The fourth-order valence-electron chi connectivity index (χ4n) is 2.42. The second-order valence-electron chi connectivity index (χ2n) is 4.86. The van der Waals surface area contributed by atoms with Gasteiger partial charge in [0.05, 0.1) is 11.5 Å². The molecule has 2 atom stereocenters. The molecule has 0 aliphatic carbocycles. The first kappa shape index (κ1) is 11.9. The van der Waals surface area contributed by atoms with Crippen LogP contribution in [0.1, 0.15) is 19.3 Å². The summed E-state index contributed by atoms with van der Waals surface area (Å²) in [6.45, 7) is 1.35. The molecule has 16 heavy (non-hydrogen) atoms. The maximum absolute atomic E-state index is 11.8. The van der Waals surface area contributed by atoms with Crippen molar-refractivity contribution in [2.45, 2.75) is 25.3 Å². The van der Waals surface area contributed by atoms with Gasteiger partial charge in [-0.2, -0.15) is 0 Å². The Hall–Kier alpha value is -0.620. The van der Waals surface area contributed by atoms with Gasteiger partial charge in [-0.1, -0.05) is 0 Å². The van der Waals surface area contributed by atoms with Gasteiger partial charge in [-0.05, 0) is 18.8 Å². The monoisotopic (exact) mass is 246 g/mol. The molecule has 0 aromatic heterocycles. The number of amides is 1. The van der Waals surface area contributed by atoms with Crippen molar-refractivity contribution >= 4 is 15.7 Å². The molecule has 2 rings (SSSR count). The first-order valence-corrected chi connectivity index (χ1v) is 7.52. The summed E-state index contributed by atoms with van der Waals surface area (Å²) in [7, 11) is -2.87. The molecule has 0 aromatic rings. The maximum atomic E-state index is 11.8. The molecular weight excluding hydrogens is 228 g/mol. The van der Waals surface area contributed by atoms with Crippen LogP contribution in [0, 0.1) is 5.92 Å². The lowest BCUT2D eigenvalue weighted by atomic mass is 10.0. The van der Waals surface area contributed by atoms with Crippen LogP contribution in [0.4, 0.5) is 0 Å². The third-order valence-corrected chi connectivity index (χ3v) is 5.20. The summed E-state index contributed by atoms with van der Waals surface area (Å²) in [6, 6.07) is 0.0938. The van der Waals surface area contributed by atoms with Gasteiger partial charge in [0.15, 0.2) is 9.84 Å². The molecule has 0 bridgehead atoms. The van der Waals surface area contributed by atoms with Crippen molar-refractivity contribution in [1.29, 1.82) is 0 Å². The summed E-state index contributed by atoms with van der Waals surface area (Å²) < 4.78 is 22.5. The SMILES string of the molecule is N[C@@H]1CCN(C(=O)CC2CCS(=O)(=O)C2)C1. The van der Waals surface area contributed by atoms with Gasteiger partial charge < -0.3 is 10.6 Å². The van der Waals surface area contributed by atoms with Crippen LogP contribution in [0.15, 0.2) is 0 Å². The molecule has 2 N–H and O–H groups in total. The molecule has 2 saturated heterocycles. The smallest absolute Gasteiger partial charge is 0.222 e. The van der Waals surface area contributed by atoms with Crippen LogP contribution >= 0.6 is 0 Å². The highest BCUT2D eigenvalue weighted by molar-refractivity contribution is 7.91. The second kappa shape index (κ2) is 4.33. The van der Waals surface area contributed by atoms with Gasteiger partial charge in [0.2, 0.25) is 5.91 Å². The Labute approximate surface area is 95.9 Å². The Kier molecular flexibility index (Phi) is 3.21. The van der Waals surface area contributed by atoms with Gasteiger partial charge in [0.25, 0.3) is 0 Å². The number of hydrogen-bond donors (Lipinski definition) is 1. The number of hydrogen-bond acceptors (Lipinski definition) is 4. The largest absolute Gasteiger partial charge is 0.341 e. The molecule has 0 saturated carbocycles. The van der Waals surface area contributed by atoms with Crippen LogP contribution in [-0.4, -0.2) is 49.9 Å². The molecular formula is C10H18N2O3S. The Morgan fingerprint density at radius 1 is 1.38 bits per heavy atom. The van der Waals surface area contributed by atoms with Crippen LogP contribution in [0.2, 0.25) is 0 Å². The first-order valence-electron chi connectivity index (χ1n) is 5.70. The van der Waals surface area contributed by atoms with E-state index in [0.29, 0.717) is 19.4 Å². The molecule has 92 valence electrons. The van der Waals surface area contributed by atoms with E-state index in [-0.39, 0.29) is 29.4 Å². The van der Waals surface area contributed by atoms with E-state index in [9.17, 15) is 13.2 Å². The predicted octanol–water partition coefficient (Wildman–Crippen LogP) is -0.629. The van der Waals surface area contributed by atoms with Gasteiger partial charge >= 0.3 is 0 Å². The Morgan fingerprint density at radius 2 is 2.12 bits per heavy atom. The summed E-state index contributed by atoms with van der Waals surface area (Å²) in [5.74, 6) is 0.507. The standard InChI is InChI=1S/C10H18N2O3S/c11-9-1-3-12(6-9)10(13)5-8-2-4-16(14,15)7-8/h8-9H,1-7,11H2/t8?,9-/m1/s1. The van der Waals surface area contributed by atoms with Gasteiger partial charge in [0, 0.05) is 25.6 Å². The number of nitrogens with two attached hydrogens (primary N) is 1. The molecule has 2 fully saturated rings. The van der Waals surface area contributed by atoms with Crippen LogP contribution < -0.4 is 5.73 Å². The topological polar surface area (TPSA) is 80.5 Å². The molecule has 1 amide bonds. The van der Waals surface area contributed by atoms with E-state index in [0.717, 1.165) is 13.0 Å². The lowest BCUT2D eigenvalue weighted by Gasteiger charge is -2.17. The van der Waals surface area contributed by atoms with E-state index in [1.807, 2.05) is 0 Å². The predicted molar refractivity (Wildman–Crippen MR) is 60.6 cm³/mol. The lowest BCUT2D eigenvalue weighted by Crippen LogP contribution is -2.33. The van der Waals surface area contributed by atoms with Crippen molar-refractivity contribution in [2.24, 2.45) is 11.7 Å². The summed E-state index contributed by atoms with van der Waals surface area (Å²) in [5, 5.41) is 0. The summed E-state index contributed by atoms with van der Waals surface area (Å²) in [4.78, 5) is 13.6. The number of carbonyl (C=O) groups excluding carboxylic acids is 1. The normalized spacial score (nSPS) is 33.2. The maximum Gasteiger partial charge on any atom is 0.222 e. The van der Waals surface area contributed by atoms with Crippen molar-refractivity contribution in [3.05, 3.63) is 0 Å². The zero-order valence-corrected chi connectivity index (χ0v) is 10.1. The zero-order valence-electron chi connectivity index (χ0n) is 9.26. The molecule has 6 heteroatoms. The second-order valence-corrected chi connectivity index (χ2v) is 7.09. The van der Waals surface area contributed by atoms with Gasteiger partial charge in [-0.3, -0.25) is 4.79 Å². The number of carbonyl (C=O) groups is 1. The van der Waals surface area contributed by atoms with Crippen LogP contribution in [0.25, 0.3) is 0 Å². The summed E-state index contributed by atoms with van der Waals surface area (Å²) in [5.41, 5.74) is 5.72. The van der Waals surface area contributed by atoms with Gasteiger partial charge in [0.1, 0.15) is 0 Å². The molecule has 0 spiro atoms. The Bertz CT molecular complexity index is 380. The Morgan fingerprint density at radius 3 is 2.62 bits per heavy atom. The lowest BCUT2D eigenvalue weighted by molar-refractivity contribution is -0.131. The van der Waals surface area contributed by atoms with E-state index in [1.165, 1.54) is 0 Å². The summed E-state index contributed by atoms with van der Waals surface area (Å²) >= 11 is 0. The number of rotatable bonds is 2. The summed E-state index contributed by atoms with van der Waals surface area (Å²) in [6.07, 6.45) is 1.86. The molecule has 2 aliphatic rings. The highest BCUT2D eigenvalue weighted by Crippen LogP contribution is 2.23. The third-order valence-electron chi connectivity index (χ3n) is 3.37. The van der Waals surface area contributed by atoms with Crippen molar-refractivity contribution in [2.75, 3.05) is 24.6 Å². The number of nitrogens with zero attached hydrogens (tertiary/aromatic N) is 1. The molecule has 5 nitrogen and oxygen atoms in total. The molecule has 2 aliphatic heterocycles. The van der Waals surface area contributed by atoms with E-state index in [4.69, 9.17) is 5.73 Å². The minimum absolute atomic E-state index is 0.0225. The first-order chi connectivity index (χ1) is 7.46. The van der Waals surface area contributed by atoms with Crippen molar-refractivity contribution in [3.63, 3.8) is 0 Å². The van der Waals surface area contributed by atoms with E-state index < -0.39 is 9.84 Å². The average molecular weight is 246 g/mol. The third kappa shape index (κ3) is 2.74. The van der Waals surface area contributed by atoms with E-state index in [1.54, 1.807) is 4.90 Å². The molecule has 2 heterocycles. The van der Waals surface area contributed by atoms with E-state index >= 15 is 0 Å². The van der Waals surface area contributed by atoms with Crippen LogP contribution in [0.5, 0.6) is 0 Å². The highest BCUT2D eigenvalue weighted by Gasteiger charge is 2.32. The minimum Gasteiger partial charge on any atom is -0.341 e. The molecule has 1 unspecified atom stereocenters. The minimum atomic E-state index is -2.87. The fourth-order valence-corrected chi connectivity index (χ4v) is 4.28. The van der Waals surface area contributed by atoms with Crippen LogP contribution in [0.3, 0.4) is 0 Å². The van der Waals surface area contributed by atoms with Crippen molar-refractivity contribution < 1.29 is 13.2 Å². The van der Waals surface area contributed by atoms with Crippen molar-refractivity contribution in [1.82, 2.24) is 4.90 Å². The van der Waals surface area contributed by atoms with Gasteiger partial charge in [-0.15, -0.1) is 0 Å². The average Bonchev–Trinajstić information content (AvgIpc) is 2.73. The molecule has 0 aromatic carbocycles. The quantitative estimate of drug-likeness (QED) is 0.703. The van der Waals surface area contributed by atoms with Crippen molar-refractivity contribution in [3.8, 4) is 0 Å². The fraction of sp³-hybridized carbons (Fsp3) is 0.900. The van der Waals surface area contributed by atoms with Crippen LogP contribution in [-0.2, 0) is 14.6 Å². The molecule has 0 radical (unpaired) electrons.